The van der Waals surface area contributed by atoms with Crippen LogP contribution in [0.5, 0.6) is 0 Å². The lowest BCUT2D eigenvalue weighted by atomic mass is 10.1. The molecule has 118 valence electrons. The quantitative estimate of drug-likeness (QED) is 0.419. The minimum Gasteiger partial charge on any atom is -0.481 e. The van der Waals surface area contributed by atoms with Crippen molar-refractivity contribution < 1.29 is 24.2 Å². The SMILES string of the molecule is CCCC(=O)OC(=O)CC(C)C.CCCCCC(=O)O. The first-order valence-corrected chi connectivity index (χ1v) is 7.28. The maximum atomic E-state index is 10.9. The van der Waals surface area contributed by atoms with Crippen LogP contribution in [0.1, 0.15) is 72.6 Å². The fourth-order valence-corrected chi connectivity index (χ4v) is 1.28. The number of carboxylic acid groups (broad SMARTS) is 1. The second-order valence-electron chi connectivity index (χ2n) is 5.04. The molecule has 0 atom stereocenters. The van der Waals surface area contributed by atoms with Crippen molar-refractivity contribution in [2.45, 2.75) is 72.6 Å². The van der Waals surface area contributed by atoms with E-state index in [4.69, 9.17) is 5.11 Å². The second kappa shape index (κ2) is 14.0. The van der Waals surface area contributed by atoms with Gasteiger partial charge in [-0.2, -0.15) is 0 Å². The zero-order valence-electron chi connectivity index (χ0n) is 13.1. The number of ether oxygens (including phenoxy) is 1. The molecule has 0 radical (unpaired) electrons. The Morgan fingerprint density at radius 1 is 0.950 bits per heavy atom. The molecule has 0 aliphatic carbocycles. The third-order valence-electron chi connectivity index (χ3n) is 2.25. The molecule has 5 nitrogen and oxygen atoms in total. The number of esters is 2. The van der Waals surface area contributed by atoms with Gasteiger partial charge in [0.15, 0.2) is 0 Å². The van der Waals surface area contributed by atoms with Gasteiger partial charge in [0.25, 0.3) is 0 Å². The first-order chi connectivity index (χ1) is 9.33. The van der Waals surface area contributed by atoms with Gasteiger partial charge in [-0.05, 0) is 18.8 Å². The minimum absolute atomic E-state index is 0.243. The van der Waals surface area contributed by atoms with Crippen molar-refractivity contribution in [3.63, 3.8) is 0 Å². The molecule has 5 heteroatoms. The molecule has 20 heavy (non-hydrogen) atoms. The summed E-state index contributed by atoms with van der Waals surface area (Å²) in [7, 11) is 0. The molecule has 0 saturated heterocycles. The summed E-state index contributed by atoms with van der Waals surface area (Å²) in [6.45, 7) is 7.74. The third kappa shape index (κ3) is 19.0. The van der Waals surface area contributed by atoms with E-state index in [2.05, 4.69) is 11.7 Å². The van der Waals surface area contributed by atoms with Crippen molar-refractivity contribution >= 4 is 17.9 Å². The number of carbonyl (C=O) groups excluding carboxylic acids is 2. The molecule has 1 N–H and O–H groups in total. The van der Waals surface area contributed by atoms with E-state index in [1.165, 1.54) is 0 Å². The van der Waals surface area contributed by atoms with Crippen molar-refractivity contribution in [2.75, 3.05) is 0 Å². The number of unbranched alkanes of at least 4 members (excludes halogenated alkanes) is 2. The predicted molar refractivity (Wildman–Crippen MR) is 77.2 cm³/mol. The first-order valence-electron chi connectivity index (χ1n) is 7.28. The molecule has 0 aliphatic rings. The fraction of sp³-hybridized carbons (Fsp3) is 0.800. The van der Waals surface area contributed by atoms with E-state index in [0.29, 0.717) is 25.7 Å². The van der Waals surface area contributed by atoms with Crippen molar-refractivity contribution in [1.29, 1.82) is 0 Å². The molecule has 0 heterocycles. The van der Waals surface area contributed by atoms with Crippen LogP contribution in [-0.2, 0) is 19.1 Å². The number of aliphatic carboxylic acids is 1. The van der Waals surface area contributed by atoms with Crippen LogP contribution < -0.4 is 0 Å². The van der Waals surface area contributed by atoms with E-state index in [1.807, 2.05) is 20.8 Å². The van der Waals surface area contributed by atoms with E-state index in [9.17, 15) is 14.4 Å². The first kappa shape index (κ1) is 20.9. The molecule has 0 amide bonds. The van der Waals surface area contributed by atoms with Crippen LogP contribution in [0.4, 0.5) is 0 Å². The van der Waals surface area contributed by atoms with Crippen LogP contribution in [0.3, 0.4) is 0 Å². The van der Waals surface area contributed by atoms with E-state index in [-0.39, 0.29) is 5.92 Å². The summed E-state index contributed by atoms with van der Waals surface area (Å²) in [5, 5.41) is 8.14. The van der Waals surface area contributed by atoms with Crippen LogP contribution in [0.15, 0.2) is 0 Å². The molecule has 0 aliphatic heterocycles. The van der Waals surface area contributed by atoms with Gasteiger partial charge in [-0.25, -0.2) is 0 Å². The Kier molecular flexibility index (Phi) is 14.7. The van der Waals surface area contributed by atoms with Crippen LogP contribution in [-0.4, -0.2) is 23.0 Å². The Labute approximate surface area is 121 Å². The summed E-state index contributed by atoms with van der Waals surface area (Å²) in [4.78, 5) is 31.6. The van der Waals surface area contributed by atoms with Crippen molar-refractivity contribution in [1.82, 2.24) is 0 Å². The topological polar surface area (TPSA) is 80.7 Å². The van der Waals surface area contributed by atoms with Gasteiger partial charge in [0.05, 0.1) is 0 Å². The Hall–Kier alpha value is -1.39. The Morgan fingerprint density at radius 3 is 1.95 bits per heavy atom. The van der Waals surface area contributed by atoms with Crippen LogP contribution in [0, 0.1) is 5.92 Å². The number of hydrogen-bond donors (Lipinski definition) is 1. The highest BCUT2D eigenvalue weighted by molar-refractivity contribution is 5.85. The number of carboxylic acids is 1. The summed E-state index contributed by atoms with van der Waals surface area (Å²) < 4.78 is 4.52. The highest BCUT2D eigenvalue weighted by atomic mass is 16.6. The average molecular weight is 288 g/mol. The summed E-state index contributed by atoms with van der Waals surface area (Å²) in [6, 6.07) is 0. The number of rotatable bonds is 8. The molecule has 0 unspecified atom stereocenters. The lowest BCUT2D eigenvalue weighted by molar-refractivity contribution is -0.160. The summed E-state index contributed by atoms with van der Waals surface area (Å²) in [5.41, 5.74) is 0. The summed E-state index contributed by atoms with van der Waals surface area (Å²) in [5.74, 6) is -1.27. The Morgan fingerprint density at radius 2 is 1.55 bits per heavy atom. The molecule has 0 rings (SSSR count). The largest absolute Gasteiger partial charge is 0.481 e. The van der Waals surface area contributed by atoms with Crippen LogP contribution in [0.25, 0.3) is 0 Å². The van der Waals surface area contributed by atoms with Gasteiger partial charge >= 0.3 is 17.9 Å². The van der Waals surface area contributed by atoms with Crippen LogP contribution in [0.2, 0.25) is 0 Å². The maximum absolute atomic E-state index is 10.9. The molecule has 0 fully saturated rings. The zero-order valence-corrected chi connectivity index (χ0v) is 13.1. The Bertz CT molecular complexity index is 284. The molecular weight excluding hydrogens is 260 g/mol. The predicted octanol–water partition coefficient (Wildman–Crippen LogP) is 3.55. The van der Waals surface area contributed by atoms with Crippen molar-refractivity contribution in [3.8, 4) is 0 Å². The molecule has 0 aromatic heterocycles. The molecule has 0 aromatic rings. The van der Waals surface area contributed by atoms with Gasteiger partial charge in [-0.3, -0.25) is 14.4 Å². The third-order valence-corrected chi connectivity index (χ3v) is 2.25. The van der Waals surface area contributed by atoms with Gasteiger partial charge in [0.2, 0.25) is 0 Å². The van der Waals surface area contributed by atoms with E-state index < -0.39 is 17.9 Å². The van der Waals surface area contributed by atoms with Crippen molar-refractivity contribution in [2.24, 2.45) is 5.92 Å². The molecule has 0 spiro atoms. The average Bonchev–Trinajstić information content (AvgIpc) is 2.28. The molecule has 0 saturated carbocycles. The standard InChI is InChI=1S/C9H16O3.C6H12O2/c1-4-5-8(10)12-9(11)6-7(2)3;1-2-3-4-5-6(7)8/h7H,4-6H2,1-3H3;2-5H2,1H3,(H,7,8). The fourth-order valence-electron chi connectivity index (χ4n) is 1.28. The zero-order chi connectivity index (χ0) is 16.0. The Balaban J connectivity index is 0. The summed E-state index contributed by atoms with van der Waals surface area (Å²) >= 11 is 0. The highest BCUT2D eigenvalue weighted by Crippen LogP contribution is 2.02. The smallest absolute Gasteiger partial charge is 0.313 e. The lowest BCUT2D eigenvalue weighted by Crippen LogP contribution is -2.13. The highest BCUT2D eigenvalue weighted by Gasteiger charge is 2.10. The van der Waals surface area contributed by atoms with Crippen LogP contribution >= 0.6 is 0 Å². The molecule has 0 aromatic carbocycles. The second-order valence-corrected chi connectivity index (χ2v) is 5.04. The van der Waals surface area contributed by atoms with Gasteiger partial charge < -0.3 is 9.84 Å². The van der Waals surface area contributed by atoms with Gasteiger partial charge in [0.1, 0.15) is 0 Å². The normalized spacial score (nSPS) is 9.65. The van der Waals surface area contributed by atoms with Gasteiger partial charge in [0, 0.05) is 19.3 Å². The van der Waals surface area contributed by atoms with Gasteiger partial charge in [-0.15, -0.1) is 0 Å². The minimum atomic E-state index is -0.682. The van der Waals surface area contributed by atoms with Crippen molar-refractivity contribution in [3.05, 3.63) is 0 Å². The monoisotopic (exact) mass is 288 g/mol. The maximum Gasteiger partial charge on any atom is 0.313 e. The van der Waals surface area contributed by atoms with E-state index in [1.54, 1.807) is 0 Å². The number of carbonyl (C=O) groups is 3. The number of hydrogen-bond acceptors (Lipinski definition) is 4. The van der Waals surface area contributed by atoms with E-state index >= 15 is 0 Å². The lowest BCUT2D eigenvalue weighted by Gasteiger charge is -2.03. The molecule has 0 bridgehead atoms. The van der Waals surface area contributed by atoms with E-state index in [0.717, 1.165) is 19.3 Å². The van der Waals surface area contributed by atoms with Gasteiger partial charge in [-0.1, -0.05) is 40.5 Å². The molecular formula is C15H28O5. The summed E-state index contributed by atoms with van der Waals surface area (Å²) in [6.07, 6.45) is 4.63.